The van der Waals surface area contributed by atoms with Crippen molar-refractivity contribution in [2.75, 3.05) is 6.61 Å². The summed E-state index contributed by atoms with van der Waals surface area (Å²) in [5.41, 5.74) is -0.239. The van der Waals surface area contributed by atoms with Gasteiger partial charge in [-0.2, -0.15) is 5.10 Å². The number of amides is 1. The summed E-state index contributed by atoms with van der Waals surface area (Å²) in [7, 11) is 0. The summed E-state index contributed by atoms with van der Waals surface area (Å²) >= 11 is 0. The molecule has 7 heteroatoms. The molecule has 0 bridgehead atoms. The molecule has 0 aliphatic heterocycles. The van der Waals surface area contributed by atoms with E-state index < -0.39 is 5.97 Å². The quantitative estimate of drug-likeness (QED) is 0.809. The fourth-order valence-electron chi connectivity index (χ4n) is 2.33. The van der Waals surface area contributed by atoms with Gasteiger partial charge in [-0.25, -0.2) is 9.48 Å². The van der Waals surface area contributed by atoms with E-state index in [9.17, 15) is 14.4 Å². The van der Waals surface area contributed by atoms with Gasteiger partial charge in [0.2, 0.25) is 0 Å². The number of nitrogens with one attached hydrogen (secondary N) is 1. The van der Waals surface area contributed by atoms with Crippen LogP contribution in [-0.4, -0.2) is 34.3 Å². The van der Waals surface area contributed by atoms with E-state index >= 15 is 0 Å². The van der Waals surface area contributed by atoms with Crippen LogP contribution >= 0.6 is 0 Å². The van der Waals surface area contributed by atoms with Crippen LogP contribution in [0.4, 0.5) is 0 Å². The zero-order valence-electron chi connectivity index (χ0n) is 14.9. The van der Waals surface area contributed by atoms with Crippen LogP contribution in [0, 0.1) is 0 Å². The van der Waals surface area contributed by atoms with Crippen LogP contribution in [0.5, 0.6) is 0 Å². The van der Waals surface area contributed by atoms with Crippen LogP contribution in [0.3, 0.4) is 0 Å². The molecule has 1 aromatic heterocycles. The molecule has 1 N–H and O–H groups in total. The summed E-state index contributed by atoms with van der Waals surface area (Å²) in [5.74, 6) is -1.10. The number of hydrogen-bond acceptors (Lipinski definition) is 5. The number of hydrogen-bond donors (Lipinski definition) is 1. The van der Waals surface area contributed by atoms with Gasteiger partial charge in [-0.3, -0.25) is 9.59 Å². The Balaban J connectivity index is 2.30. The molecular weight excluding hydrogens is 322 g/mol. The molecule has 1 atom stereocenters. The average Bonchev–Trinajstić information content (AvgIpc) is 2.59. The first kappa shape index (κ1) is 18.6. The first-order chi connectivity index (χ1) is 11.8. The van der Waals surface area contributed by atoms with Crippen molar-refractivity contribution in [1.82, 2.24) is 15.1 Å². The minimum atomic E-state index is -0.732. The molecule has 0 unspecified atom stereocenters. The first-order valence-electron chi connectivity index (χ1n) is 8.33. The molecule has 0 spiro atoms. The van der Waals surface area contributed by atoms with E-state index in [0.29, 0.717) is 10.8 Å². The molecular formula is C18H23N3O4. The molecule has 2 rings (SSSR count). The fourth-order valence-corrected chi connectivity index (χ4v) is 2.33. The highest BCUT2D eigenvalue weighted by Crippen LogP contribution is 2.15. The van der Waals surface area contributed by atoms with E-state index in [4.69, 9.17) is 4.74 Å². The topological polar surface area (TPSA) is 90.3 Å². The number of fused-ring (bicyclic) bond motifs is 1. The Morgan fingerprint density at radius 3 is 2.44 bits per heavy atom. The lowest BCUT2D eigenvalue weighted by Gasteiger charge is -2.14. The predicted molar refractivity (Wildman–Crippen MR) is 94.6 cm³/mol. The lowest BCUT2D eigenvalue weighted by molar-refractivity contribution is -0.124. The Morgan fingerprint density at radius 1 is 1.20 bits per heavy atom. The minimum Gasteiger partial charge on any atom is -0.451 e. The van der Waals surface area contributed by atoms with Gasteiger partial charge >= 0.3 is 5.97 Å². The third-order valence-electron chi connectivity index (χ3n) is 3.87. The Morgan fingerprint density at radius 2 is 1.84 bits per heavy atom. The molecule has 1 amide bonds. The van der Waals surface area contributed by atoms with Crippen LogP contribution in [0.25, 0.3) is 10.8 Å². The van der Waals surface area contributed by atoms with Crippen molar-refractivity contribution in [1.29, 1.82) is 0 Å². The average molecular weight is 345 g/mol. The Kier molecular flexibility index (Phi) is 5.90. The Hall–Kier alpha value is -2.70. The van der Waals surface area contributed by atoms with Crippen molar-refractivity contribution in [3.8, 4) is 0 Å². The van der Waals surface area contributed by atoms with Crippen LogP contribution in [0.15, 0.2) is 29.1 Å². The number of nitrogens with zero attached hydrogens (tertiary/aromatic N) is 2. The SMILES string of the molecule is CC[C@H](C)NC(=O)COC(=O)c1nn(C(C)C)c(=O)c2ccccc12. The van der Waals surface area contributed by atoms with Crippen molar-refractivity contribution in [3.63, 3.8) is 0 Å². The molecule has 1 aromatic carbocycles. The molecule has 0 saturated carbocycles. The van der Waals surface area contributed by atoms with Gasteiger partial charge in [0.05, 0.1) is 11.4 Å². The van der Waals surface area contributed by atoms with Gasteiger partial charge in [-0.1, -0.05) is 25.1 Å². The summed E-state index contributed by atoms with van der Waals surface area (Å²) in [5, 5.41) is 7.68. The third-order valence-corrected chi connectivity index (χ3v) is 3.87. The Bertz CT molecular complexity index is 842. The molecule has 7 nitrogen and oxygen atoms in total. The zero-order valence-corrected chi connectivity index (χ0v) is 14.9. The smallest absolute Gasteiger partial charge is 0.359 e. The number of aromatic nitrogens is 2. The second kappa shape index (κ2) is 7.92. The van der Waals surface area contributed by atoms with E-state index in [-0.39, 0.29) is 35.9 Å². The molecule has 0 saturated heterocycles. The molecule has 0 aliphatic rings. The van der Waals surface area contributed by atoms with Crippen molar-refractivity contribution in [2.45, 2.75) is 46.2 Å². The van der Waals surface area contributed by atoms with Crippen molar-refractivity contribution < 1.29 is 14.3 Å². The molecule has 0 fully saturated rings. The number of benzene rings is 1. The van der Waals surface area contributed by atoms with Crippen molar-refractivity contribution >= 4 is 22.6 Å². The highest BCUT2D eigenvalue weighted by Gasteiger charge is 2.20. The van der Waals surface area contributed by atoms with Crippen LogP contribution in [-0.2, 0) is 9.53 Å². The predicted octanol–water partition coefficient (Wildman–Crippen LogP) is 2.05. The first-order valence-corrected chi connectivity index (χ1v) is 8.33. The molecule has 1 heterocycles. The summed E-state index contributed by atoms with van der Waals surface area (Å²) in [6.45, 7) is 7.03. The summed E-state index contributed by atoms with van der Waals surface area (Å²) in [6, 6.07) is 6.53. The lowest BCUT2D eigenvalue weighted by atomic mass is 10.1. The normalized spacial score (nSPS) is 12.2. The van der Waals surface area contributed by atoms with Gasteiger partial charge in [0.15, 0.2) is 12.3 Å². The summed E-state index contributed by atoms with van der Waals surface area (Å²) in [6.07, 6.45) is 0.783. The molecule has 2 aromatic rings. The molecule has 25 heavy (non-hydrogen) atoms. The number of esters is 1. The standard InChI is InChI=1S/C18H23N3O4/c1-5-12(4)19-15(22)10-25-18(24)16-13-8-6-7-9-14(13)17(23)21(20-16)11(2)3/h6-9,11-12H,5,10H2,1-4H3,(H,19,22)/t12-/m0/s1. The summed E-state index contributed by atoms with van der Waals surface area (Å²) in [4.78, 5) is 36.7. The maximum Gasteiger partial charge on any atom is 0.359 e. The number of rotatable bonds is 6. The van der Waals surface area contributed by atoms with Gasteiger partial charge in [0, 0.05) is 11.4 Å². The Labute approximate surface area is 146 Å². The van der Waals surface area contributed by atoms with Gasteiger partial charge in [0.1, 0.15) is 0 Å². The van der Waals surface area contributed by atoms with E-state index in [1.54, 1.807) is 38.1 Å². The molecule has 0 aliphatic carbocycles. The van der Waals surface area contributed by atoms with E-state index in [0.717, 1.165) is 6.42 Å². The zero-order chi connectivity index (χ0) is 18.6. The molecule has 0 radical (unpaired) electrons. The van der Waals surface area contributed by atoms with Gasteiger partial charge < -0.3 is 10.1 Å². The monoisotopic (exact) mass is 345 g/mol. The summed E-state index contributed by atoms with van der Waals surface area (Å²) < 4.78 is 6.34. The van der Waals surface area contributed by atoms with Crippen LogP contribution in [0.1, 0.15) is 50.6 Å². The fraction of sp³-hybridized carbons (Fsp3) is 0.444. The van der Waals surface area contributed by atoms with Crippen LogP contribution in [0.2, 0.25) is 0 Å². The number of carbonyl (C=O) groups is 2. The van der Waals surface area contributed by atoms with Gasteiger partial charge in [-0.05, 0) is 33.3 Å². The van der Waals surface area contributed by atoms with Gasteiger partial charge in [-0.15, -0.1) is 0 Å². The van der Waals surface area contributed by atoms with Crippen LogP contribution < -0.4 is 10.9 Å². The second-order valence-electron chi connectivity index (χ2n) is 6.19. The highest BCUT2D eigenvalue weighted by molar-refractivity contribution is 6.02. The molecule has 134 valence electrons. The lowest BCUT2D eigenvalue weighted by Crippen LogP contribution is -2.35. The largest absolute Gasteiger partial charge is 0.451 e. The van der Waals surface area contributed by atoms with E-state index in [1.165, 1.54) is 4.68 Å². The van der Waals surface area contributed by atoms with Gasteiger partial charge in [0.25, 0.3) is 11.5 Å². The number of ether oxygens (including phenoxy) is 1. The van der Waals surface area contributed by atoms with Crippen molar-refractivity contribution in [2.24, 2.45) is 0 Å². The maximum atomic E-state index is 12.4. The number of carbonyl (C=O) groups excluding carboxylic acids is 2. The second-order valence-corrected chi connectivity index (χ2v) is 6.19. The maximum absolute atomic E-state index is 12.4. The van der Waals surface area contributed by atoms with Crippen molar-refractivity contribution in [3.05, 3.63) is 40.3 Å². The third kappa shape index (κ3) is 4.23. The minimum absolute atomic E-state index is 0.00741. The highest BCUT2D eigenvalue weighted by atomic mass is 16.5. The van der Waals surface area contributed by atoms with E-state index in [1.807, 2.05) is 13.8 Å². The van der Waals surface area contributed by atoms with E-state index in [2.05, 4.69) is 10.4 Å².